The monoisotopic (exact) mass is 421 g/mol. The summed E-state index contributed by atoms with van der Waals surface area (Å²) in [5, 5.41) is 24.8. The maximum Gasteiger partial charge on any atom is 0.335 e. The summed E-state index contributed by atoms with van der Waals surface area (Å²) in [5.74, 6) is -1.20. The summed E-state index contributed by atoms with van der Waals surface area (Å²) in [5.41, 5.74) is 1.00. The number of hydrogen-bond donors (Lipinski definition) is 3. The number of aromatic carboxylic acids is 1. The molecule has 0 unspecified atom stereocenters. The lowest BCUT2D eigenvalue weighted by Gasteiger charge is -2.38. The fourth-order valence-corrected chi connectivity index (χ4v) is 3.86. The van der Waals surface area contributed by atoms with Gasteiger partial charge in [-0.15, -0.1) is 0 Å². The average molecular weight is 421 g/mol. The Hall–Kier alpha value is -3.37. The maximum absolute atomic E-state index is 13.2. The number of anilines is 1. The zero-order chi connectivity index (χ0) is 22.1. The van der Waals surface area contributed by atoms with E-state index in [0.29, 0.717) is 18.4 Å². The molecule has 1 amide bonds. The van der Waals surface area contributed by atoms with Crippen molar-refractivity contribution in [3.8, 4) is 6.07 Å². The number of hydrogen-bond acceptors (Lipinski definition) is 5. The van der Waals surface area contributed by atoms with Gasteiger partial charge in [-0.25, -0.2) is 4.79 Å². The highest BCUT2D eigenvalue weighted by molar-refractivity contribution is 5.90. The molecular formula is C24H27N3O4. The van der Waals surface area contributed by atoms with Crippen LogP contribution in [0.3, 0.4) is 0 Å². The zero-order valence-electron chi connectivity index (χ0n) is 17.3. The van der Waals surface area contributed by atoms with Gasteiger partial charge in [0.15, 0.2) is 0 Å². The molecule has 0 spiro atoms. The number of carboxylic acids is 1. The molecule has 31 heavy (non-hydrogen) atoms. The van der Waals surface area contributed by atoms with Gasteiger partial charge in [-0.2, -0.15) is 5.26 Å². The average Bonchev–Trinajstić information content (AvgIpc) is 2.79. The van der Waals surface area contributed by atoms with Crippen molar-refractivity contribution in [2.24, 2.45) is 0 Å². The Kier molecular flexibility index (Phi) is 7.63. The molecule has 3 N–H and O–H groups in total. The first-order chi connectivity index (χ1) is 15.0. The van der Waals surface area contributed by atoms with Gasteiger partial charge >= 0.3 is 5.97 Å². The number of benzene rings is 2. The first kappa shape index (κ1) is 22.3. The van der Waals surface area contributed by atoms with Crippen LogP contribution in [-0.4, -0.2) is 35.2 Å². The minimum absolute atomic E-state index is 0.0148. The lowest BCUT2D eigenvalue weighted by atomic mass is 9.80. The van der Waals surface area contributed by atoms with Gasteiger partial charge < -0.3 is 20.5 Å². The van der Waals surface area contributed by atoms with Crippen molar-refractivity contribution in [1.82, 2.24) is 5.32 Å². The summed E-state index contributed by atoms with van der Waals surface area (Å²) in [6.45, 7) is 0.170. The van der Waals surface area contributed by atoms with Crippen LogP contribution in [0.25, 0.3) is 0 Å². The van der Waals surface area contributed by atoms with Crippen molar-refractivity contribution in [1.29, 1.82) is 5.26 Å². The van der Waals surface area contributed by atoms with Gasteiger partial charge in [0.25, 0.3) is 0 Å². The van der Waals surface area contributed by atoms with Gasteiger partial charge in [0, 0.05) is 5.69 Å². The van der Waals surface area contributed by atoms with Crippen molar-refractivity contribution in [3.63, 3.8) is 0 Å². The summed E-state index contributed by atoms with van der Waals surface area (Å²) >= 11 is 0. The van der Waals surface area contributed by atoms with Crippen LogP contribution in [0.2, 0.25) is 0 Å². The fourth-order valence-electron chi connectivity index (χ4n) is 3.86. The van der Waals surface area contributed by atoms with E-state index >= 15 is 0 Å². The standard InChI is InChI=1S/C24H27N3O4/c25-15-21(17-31-16-18-8-7-9-19(14-18)22(28)29)26-23(30)24(12-5-2-6-13-24)27-20-10-3-1-4-11-20/h1,3-4,7-11,14,21,27H,2,5-6,12-13,16-17H2,(H,26,30)(H,28,29)/t21-/m0/s1. The molecule has 0 radical (unpaired) electrons. The molecule has 2 aromatic rings. The molecule has 1 saturated carbocycles. The van der Waals surface area contributed by atoms with E-state index in [4.69, 9.17) is 9.84 Å². The number of nitriles is 1. The highest BCUT2D eigenvalue weighted by Crippen LogP contribution is 2.32. The smallest absolute Gasteiger partial charge is 0.335 e. The van der Waals surface area contributed by atoms with E-state index in [1.807, 2.05) is 30.3 Å². The quantitative estimate of drug-likeness (QED) is 0.569. The Morgan fingerprint density at radius 3 is 2.52 bits per heavy atom. The van der Waals surface area contributed by atoms with Crippen molar-refractivity contribution in [3.05, 3.63) is 65.7 Å². The summed E-state index contributed by atoms with van der Waals surface area (Å²) in [6.07, 6.45) is 4.39. The zero-order valence-corrected chi connectivity index (χ0v) is 17.3. The van der Waals surface area contributed by atoms with E-state index in [-0.39, 0.29) is 24.7 Å². The second kappa shape index (κ2) is 10.6. The van der Waals surface area contributed by atoms with Crippen molar-refractivity contribution in [2.45, 2.75) is 50.3 Å². The fraction of sp³-hybridized carbons (Fsp3) is 0.375. The molecule has 7 heteroatoms. The molecule has 3 rings (SSSR count). The van der Waals surface area contributed by atoms with Crippen LogP contribution in [0.5, 0.6) is 0 Å². The van der Waals surface area contributed by atoms with Crippen molar-refractivity contribution >= 4 is 17.6 Å². The summed E-state index contributed by atoms with van der Waals surface area (Å²) in [4.78, 5) is 24.3. The molecule has 1 atom stereocenters. The van der Waals surface area contributed by atoms with Crippen LogP contribution >= 0.6 is 0 Å². The van der Waals surface area contributed by atoms with Gasteiger partial charge in [0.1, 0.15) is 11.6 Å². The Labute approximate surface area is 182 Å². The molecule has 0 aromatic heterocycles. The normalized spacial score (nSPS) is 16.0. The Morgan fingerprint density at radius 2 is 1.84 bits per heavy atom. The van der Waals surface area contributed by atoms with Crippen LogP contribution < -0.4 is 10.6 Å². The SMILES string of the molecule is N#C[C@@H](COCc1cccc(C(=O)O)c1)NC(=O)C1(Nc2ccccc2)CCCCC1. The molecule has 1 fully saturated rings. The lowest BCUT2D eigenvalue weighted by Crippen LogP contribution is -2.56. The lowest BCUT2D eigenvalue weighted by molar-refractivity contribution is -0.127. The summed E-state index contributed by atoms with van der Waals surface area (Å²) in [7, 11) is 0. The first-order valence-electron chi connectivity index (χ1n) is 10.5. The molecule has 2 aromatic carbocycles. The number of nitrogens with zero attached hydrogens (tertiary/aromatic N) is 1. The van der Waals surface area contributed by atoms with Crippen molar-refractivity contribution < 1.29 is 19.4 Å². The highest BCUT2D eigenvalue weighted by Gasteiger charge is 2.40. The molecule has 0 saturated heterocycles. The predicted molar refractivity (Wildman–Crippen MR) is 116 cm³/mol. The van der Waals surface area contributed by atoms with Crippen LogP contribution in [0.4, 0.5) is 5.69 Å². The van der Waals surface area contributed by atoms with Crippen LogP contribution in [0, 0.1) is 11.3 Å². The molecule has 0 aliphatic heterocycles. The number of nitrogens with one attached hydrogen (secondary N) is 2. The minimum Gasteiger partial charge on any atom is -0.478 e. The Bertz CT molecular complexity index is 933. The van der Waals surface area contributed by atoms with Crippen LogP contribution in [0.1, 0.15) is 48.0 Å². The number of carboxylic acid groups (broad SMARTS) is 1. The van der Waals surface area contributed by atoms with Crippen LogP contribution in [-0.2, 0) is 16.1 Å². The summed E-state index contributed by atoms with van der Waals surface area (Å²) in [6, 6.07) is 17.4. The Morgan fingerprint density at radius 1 is 1.10 bits per heavy atom. The van der Waals surface area contributed by atoms with Gasteiger partial charge in [-0.05, 0) is 42.7 Å². The molecule has 162 valence electrons. The minimum atomic E-state index is -1.01. The van der Waals surface area contributed by atoms with Crippen LogP contribution in [0.15, 0.2) is 54.6 Å². The third-order valence-electron chi connectivity index (χ3n) is 5.49. The van der Waals surface area contributed by atoms with E-state index < -0.39 is 17.6 Å². The second-order valence-electron chi connectivity index (χ2n) is 7.81. The molecule has 0 bridgehead atoms. The van der Waals surface area contributed by atoms with Crippen molar-refractivity contribution in [2.75, 3.05) is 11.9 Å². The number of para-hydroxylation sites is 1. The predicted octanol–water partition coefficient (Wildman–Crippen LogP) is 3.72. The van der Waals surface area contributed by atoms with E-state index in [1.54, 1.807) is 12.1 Å². The third kappa shape index (κ3) is 6.06. The van der Waals surface area contributed by atoms with E-state index in [1.165, 1.54) is 12.1 Å². The molecular weight excluding hydrogens is 394 g/mol. The summed E-state index contributed by atoms with van der Waals surface area (Å²) < 4.78 is 5.60. The van der Waals surface area contributed by atoms with E-state index in [0.717, 1.165) is 24.9 Å². The molecule has 7 nitrogen and oxygen atoms in total. The number of carbonyl (C=O) groups excluding carboxylic acids is 1. The third-order valence-corrected chi connectivity index (χ3v) is 5.49. The van der Waals surface area contributed by atoms with E-state index in [2.05, 4.69) is 16.7 Å². The number of rotatable bonds is 9. The number of ether oxygens (including phenoxy) is 1. The van der Waals surface area contributed by atoms with E-state index in [9.17, 15) is 14.9 Å². The molecule has 1 aliphatic carbocycles. The van der Waals surface area contributed by atoms with Gasteiger partial charge in [-0.1, -0.05) is 49.6 Å². The number of carbonyl (C=O) groups is 2. The maximum atomic E-state index is 13.2. The van der Waals surface area contributed by atoms with Gasteiger partial charge in [0.05, 0.1) is 24.8 Å². The topological polar surface area (TPSA) is 111 Å². The second-order valence-corrected chi connectivity index (χ2v) is 7.81. The number of amides is 1. The van der Waals surface area contributed by atoms with Gasteiger partial charge in [0.2, 0.25) is 5.91 Å². The molecule has 1 aliphatic rings. The van der Waals surface area contributed by atoms with Gasteiger partial charge in [-0.3, -0.25) is 4.79 Å². The first-order valence-corrected chi connectivity index (χ1v) is 10.5. The largest absolute Gasteiger partial charge is 0.478 e. The Balaban J connectivity index is 1.60. The molecule has 0 heterocycles. The highest BCUT2D eigenvalue weighted by atomic mass is 16.5.